The fourth-order valence-electron chi connectivity index (χ4n) is 1.82. The van der Waals surface area contributed by atoms with Crippen LogP contribution in [-0.4, -0.2) is 11.2 Å². The van der Waals surface area contributed by atoms with Crippen LogP contribution < -0.4 is 0 Å². The molecule has 0 heterocycles. The van der Waals surface area contributed by atoms with Crippen LogP contribution in [0.5, 0.6) is 0 Å². The third-order valence-electron chi connectivity index (χ3n) is 2.50. The Kier molecular flexibility index (Phi) is 8.02. The molecule has 1 N–H and O–H groups in total. The molecule has 0 rings (SSSR count). The molecule has 0 amide bonds. The molecule has 0 fully saturated rings. The number of rotatable bonds is 8. The van der Waals surface area contributed by atoms with Crippen molar-refractivity contribution in [2.45, 2.75) is 52.1 Å². The lowest BCUT2D eigenvalue weighted by Crippen LogP contribution is -2.09. The summed E-state index contributed by atoms with van der Waals surface area (Å²) in [5.74, 6) is 0. The van der Waals surface area contributed by atoms with Crippen LogP contribution in [0.25, 0.3) is 0 Å². The summed E-state index contributed by atoms with van der Waals surface area (Å²) >= 11 is 0. The van der Waals surface area contributed by atoms with E-state index in [2.05, 4.69) is 27.0 Å². The molecule has 0 saturated heterocycles. The van der Waals surface area contributed by atoms with Crippen molar-refractivity contribution >= 4 is 0 Å². The molecular formula is C14H24O. The second-order valence-corrected chi connectivity index (χ2v) is 3.80. The average Bonchev–Trinajstić information content (AvgIpc) is 2.25. The number of hydrogen-bond acceptors (Lipinski definition) is 1. The Labute approximate surface area is 94.2 Å². The molecule has 0 aliphatic rings. The zero-order valence-electron chi connectivity index (χ0n) is 10.1. The van der Waals surface area contributed by atoms with E-state index in [1.54, 1.807) is 6.08 Å². The number of aliphatic hydroxyl groups is 1. The van der Waals surface area contributed by atoms with Crippen molar-refractivity contribution in [3.8, 4) is 0 Å². The van der Waals surface area contributed by atoms with Crippen LogP contribution >= 0.6 is 0 Å². The predicted octanol–water partition coefficient (Wildman–Crippen LogP) is 4.01. The normalized spacial score (nSPS) is 14.3. The highest BCUT2D eigenvalue weighted by atomic mass is 16.3. The summed E-state index contributed by atoms with van der Waals surface area (Å²) < 4.78 is 0. The van der Waals surface area contributed by atoms with Crippen molar-refractivity contribution in [1.82, 2.24) is 0 Å². The maximum absolute atomic E-state index is 9.86. The molecule has 0 aliphatic carbocycles. The van der Waals surface area contributed by atoms with Crippen molar-refractivity contribution in [3.63, 3.8) is 0 Å². The lowest BCUT2D eigenvalue weighted by atomic mass is 9.93. The molecule has 1 nitrogen and oxygen atoms in total. The highest BCUT2D eigenvalue weighted by molar-refractivity contribution is 5.23. The van der Waals surface area contributed by atoms with Gasteiger partial charge >= 0.3 is 0 Å². The molecule has 0 spiro atoms. The Hall–Kier alpha value is -0.820. The van der Waals surface area contributed by atoms with Crippen LogP contribution in [0.4, 0.5) is 0 Å². The Bertz CT molecular complexity index is 225. The average molecular weight is 208 g/mol. The van der Waals surface area contributed by atoms with Gasteiger partial charge in [0.05, 0.1) is 6.10 Å². The van der Waals surface area contributed by atoms with E-state index >= 15 is 0 Å². The van der Waals surface area contributed by atoms with Gasteiger partial charge in [-0.25, -0.2) is 0 Å². The minimum Gasteiger partial charge on any atom is -0.385 e. The predicted molar refractivity (Wildman–Crippen MR) is 67.9 cm³/mol. The first-order valence-corrected chi connectivity index (χ1v) is 5.83. The van der Waals surface area contributed by atoms with Gasteiger partial charge in [0.2, 0.25) is 0 Å². The molecule has 0 aromatic heterocycles. The van der Waals surface area contributed by atoms with Gasteiger partial charge in [0, 0.05) is 0 Å². The Morgan fingerprint density at radius 2 is 1.80 bits per heavy atom. The number of aliphatic hydroxyl groups excluding tert-OH is 1. The van der Waals surface area contributed by atoms with Crippen LogP contribution in [0.15, 0.2) is 36.5 Å². The van der Waals surface area contributed by atoms with Crippen LogP contribution in [0.1, 0.15) is 46.0 Å². The molecular weight excluding hydrogens is 184 g/mol. The molecule has 1 heteroatoms. The zero-order valence-corrected chi connectivity index (χ0v) is 10.1. The standard InChI is InChI=1S/C14H24O/c1-5-9-12(10-6-2)13(11-7-3)14(15)8-4/h5,8,14-15H,1,4,6-7,9-11H2,2-3H3/b13-12+. The molecule has 86 valence electrons. The van der Waals surface area contributed by atoms with Crippen LogP contribution in [0.3, 0.4) is 0 Å². The minimum absolute atomic E-state index is 0.480. The molecule has 0 aliphatic heterocycles. The maximum atomic E-state index is 9.86. The number of hydrogen-bond donors (Lipinski definition) is 1. The zero-order chi connectivity index (χ0) is 11.7. The lowest BCUT2D eigenvalue weighted by molar-refractivity contribution is 0.252. The van der Waals surface area contributed by atoms with Crippen molar-refractivity contribution in [2.75, 3.05) is 0 Å². The molecule has 0 bridgehead atoms. The monoisotopic (exact) mass is 208 g/mol. The van der Waals surface area contributed by atoms with Gasteiger partial charge in [0.25, 0.3) is 0 Å². The van der Waals surface area contributed by atoms with Crippen molar-refractivity contribution < 1.29 is 5.11 Å². The smallest absolute Gasteiger partial charge is 0.0931 e. The highest BCUT2D eigenvalue weighted by Gasteiger charge is 2.11. The van der Waals surface area contributed by atoms with Gasteiger partial charge in [-0.05, 0) is 24.8 Å². The fourth-order valence-corrected chi connectivity index (χ4v) is 1.82. The Morgan fingerprint density at radius 1 is 1.20 bits per heavy atom. The highest BCUT2D eigenvalue weighted by Crippen LogP contribution is 2.23. The van der Waals surface area contributed by atoms with Crippen molar-refractivity contribution in [1.29, 1.82) is 0 Å². The van der Waals surface area contributed by atoms with Gasteiger partial charge in [0.1, 0.15) is 0 Å². The second kappa shape index (κ2) is 8.49. The first-order chi connectivity index (χ1) is 7.21. The number of allylic oxidation sites excluding steroid dienone is 2. The van der Waals surface area contributed by atoms with Gasteiger partial charge in [-0.1, -0.05) is 44.4 Å². The van der Waals surface area contributed by atoms with Gasteiger partial charge in [-0.3, -0.25) is 0 Å². The molecule has 0 radical (unpaired) electrons. The van der Waals surface area contributed by atoms with E-state index in [1.165, 1.54) is 5.57 Å². The van der Waals surface area contributed by atoms with E-state index in [-0.39, 0.29) is 0 Å². The summed E-state index contributed by atoms with van der Waals surface area (Å²) in [4.78, 5) is 0. The lowest BCUT2D eigenvalue weighted by Gasteiger charge is -2.16. The van der Waals surface area contributed by atoms with E-state index in [0.29, 0.717) is 0 Å². The van der Waals surface area contributed by atoms with E-state index in [9.17, 15) is 5.11 Å². The van der Waals surface area contributed by atoms with Crippen LogP contribution in [0.2, 0.25) is 0 Å². The molecule has 1 unspecified atom stereocenters. The first kappa shape index (κ1) is 14.2. The molecule has 0 aromatic rings. The minimum atomic E-state index is -0.480. The quantitative estimate of drug-likeness (QED) is 0.598. The SMILES string of the molecule is C=CC/C(CCC)=C(/CCC)C(O)C=C. The molecule has 0 saturated carbocycles. The molecule has 15 heavy (non-hydrogen) atoms. The second-order valence-electron chi connectivity index (χ2n) is 3.80. The van der Waals surface area contributed by atoms with E-state index in [4.69, 9.17) is 0 Å². The summed E-state index contributed by atoms with van der Waals surface area (Å²) in [7, 11) is 0. The molecule has 0 aromatic carbocycles. The van der Waals surface area contributed by atoms with Crippen molar-refractivity contribution in [3.05, 3.63) is 36.5 Å². The van der Waals surface area contributed by atoms with Crippen LogP contribution in [0, 0.1) is 0 Å². The third kappa shape index (κ3) is 4.98. The summed E-state index contributed by atoms with van der Waals surface area (Å²) in [6.07, 6.45) is 8.10. The summed E-state index contributed by atoms with van der Waals surface area (Å²) in [6.45, 7) is 11.7. The largest absolute Gasteiger partial charge is 0.385 e. The topological polar surface area (TPSA) is 20.2 Å². The van der Waals surface area contributed by atoms with E-state index in [0.717, 1.165) is 37.7 Å². The van der Waals surface area contributed by atoms with Gasteiger partial charge < -0.3 is 5.11 Å². The molecule has 1 atom stereocenters. The van der Waals surface area contributed by atoms with Crippen LogP contribution in [-0.2, 0) is 0 Å². The summed E-state index contributed by atoms with van der Waals surface area (Å²) in [5.41, 5.74) is 2.48. The fraction of sp³-hybridized carbons (Fsp3) is 0.571. The maximum Gasteiger partial charge on any atom is 0.0931 e. The third-order valence-corrected chi connectivity index (χ3v) is 2.50. The summed E-state index contributed by atoms with van der Waals surface area (Å²) in [5, 5.41) is 9.86. The Balaban J connectivity index is 4.92. The van der Waals surface area contributed by atoms with Gasteiger partial charge in [0.15, 0.2) is 0 Å². The van der Waals surface area contributed by atoms with E-state index in [1.807, 2.05) is 6.08 Å². The van der Waals surface area contributed by atoms with E-state index < -0.39 is 6.10 Å². The Morgan fingerprint density at radius 3 is 2.20 bits per heavy atom. The summed E-state index contributed by atoms with van der Waals surface area (Å²) in [6, 6.07) is 0. The van der Waals surface area contributed by atoms with Gasteiger partial charge in [-0.15, -0.1) is 13.2 Å². The van der Waals surface area contributed by atoms with Crippen molar-refractivity contribution in [2.24, 2.45) is 0 Å². The first-order valence-electron chi connectivity index (χ1n) is 5.83. The van der Waals surface area contributed by atoms with Gasteiger partial charge in [-0.2, -0.15) is 0 Å².